The van der Waals surface area contributed by atoms with Gasteiger partial charge in [0.25, 0.3) is 0 Å². The Labute approximate surface area is 227 Å². The van der Waals surface area contributed by atoms with Crippen molar-refractivity contribution >= 4 is 29.2 Å². The van der Waals surface area contributed by atoms with E-state index in [2.05, 4.69) is 10.2 Å². The molecule has 5 rings (SSSR count). The number of ketones is 1. The van der Waals surface area contributed by atoms with Crippen LogP contribution in [0.15, 0.2) is 36.4 Å². The molecule has 0 radical (unpaired) electrons. The van der Waals surface area contributed by atoms with Crippen molar-refractivity contribution < 1.29 is 28.5 Å². The fraction of sp³-hybridized carbons (Fsp3) is 0.379. The summed E-state index contributed by atoms with van der Waals surface area (Å²) in [6.45, 7) is 1.21. The molecule has 1 aliphatic heterocycles. The topological polar surface area (TPSA) is 112 Å². The summed E-state index contributed by atoms with van der Waals surface area (Å²) in [5.74, 6) is 2.41. The van der Waals surface area contributed by atoms with Gasteiger partial charge in [0, 0.05) is 48.0 Å². The molecule has 0 saturated carbocycles. The first kappa shape index (κ1) is 26.3. The van der Waals surface area contributed by atoms with Gasteiger partial charge in [-0.3, -0.25) is 4.79 Å². The molecule has 2 aliphatic rings. The first-order valence-electron chi connectivity index (χ1n) is 12.9. The van der Waals surface area contributed by atoms with Gasteiger partial charge >= 0.3 is 5.97 Å². The monoisotopic (exact) mass is 532 g/mol. The molecule has 2 aromatic carbocycles. The molecule has 1 atom stereocenters. The Hall–Kier alpha value is -4.34. The molecule has 1 fully saturated rings. The summed E-state index contributed by atoms with van der Waals surface area (Å²) in [7, 11) is 6.07. The van der Waals surface area contributed by atoms with Gasteiger partial charge in [0.2, 0.25) is 11.7 Å². The SMILES string of the molecule is COC(=O)c1ccc(C(=O)C2CCN(c3nc4c(c(Nc5cc(OC)c(OC)c(OC)c5)n3)CCC4)C2)cc1. The molecule has 0 amide bonds. The highest BCUT2D eigenvalue weighted by Crippen LogP contribution is 2.41. The smallest absolute Gasteiger partial charge is 0.337 e. The number of aromatic nitrogens is 2. The Morgan fingerprint density at radius 3 is 2.26 bits per heavy atom. The van der Waals surface area contributed by atoms with E-state index < -0.39 is 5.97 Å². The molecule has 10 heteroatoms. The number of hydrogen-bond donors (Lipinski definition) is 1. The van der Waals surface area contributed by atoms with Crippen molar-refractivity contribution in [2.24, 2.45) is 5.92 Å². The molecule has 1 saturated heterocycles. The standard InChI is InChI=1S/C29H32N4O6/c1-36-23-14-20(15-24(37-2)26(23)38-3)30-27-21-6-5-7-22(21)31-29(32-27)33-13-12-19(16-33)25(34)17-8-10-18(11-9-17)28(35)39-4/h8-11,14-15,19H,5-7,12-13,16H2,1-4H3,(H,30,31,32). The van der Waals surface area contributed by atoms with E-state index >= 15 is 0 Å². The molecule has 0 bridgehead atoms. The number of anilines is 3. The van der Waals surface area contributed by atoms with Crippen LogP contribution in [0.1, 0.15) is 44.8 Å². The molecule has 1 aliphatic carbocycles. The summed E-state index contributed by atoms with van der Waals surface area (Å²) in [6, 6.07) is 10.3. The van der Waals surface area contributed by atoms with E-state index in [-0.39, 0.29) is 11.7 Å². The molecule has 204 valence electrons. The van der Waals surface area contributed by atoms with Gasteiger partial charge in [-0.1, -0.05) is 12.1 Å². The molecule has 1 N–H and O–H groups in total. The predicted molar refractivity (Wildman–Crippen MR) is 146 cm³/mol. The summed E-state index contributed by atoms with van der Waals surface area (Å²) in [5, 5.41) is 3.45. The molecule has 0 spiro atoms. The van der Waals surface area contributed by atoms with Crippen LogP contribution in [-0.4, -0.2) is 63.2 Å². The number of carbonyl (C=O) groups is 2. The van der Waals surface area contributed by atoms with Crippen LogP contribution < -0.4 is 24.4 Å². The number of fused-ring (bicyclic) bond motifs is 1. The van der Waals surface area contributed by atoms with Crippen molar-refractivity contribution in [2.45, 2.75) is 25.7 Å². The summed E-state index contributed by atoms with van der Waals surface area (Å²) in [5.41, 5.74) is 3.89. The Balaban J connectivity index is 1.37. The van der Waals surface area contributed by atoms with Gasteiger partial charge in [0.1, 0.15) is 5.82 Å². The number of aryl methyl sites for hydroxylation is 1. The number of rotatable bonds is 9. The number of esters is 1. The van der Waals surface area contributed by atoms with Crippen molar-refractivity contribution in [2.75, 3.05) is 51.7 Å². The van der Waals surface area contributed by atoms with Gasteiger partial charge in [-0.25, -0.2) is 9.78 Å². The molecule has 1 aromatic heterocycles. The third-order valence-electron chi connectivity index (χ3n) is 7.28. The van der Waals surface area contributed by atoms with Gasteiger partial charge in [-0.05, 0) is 37.8 Å². The maximum atomic E-state index is 13.2. The predicted octanol–water partition coefficient (Wildman–Crippen LogP) is 4.23. The summed E-state index contributed by atoms with van der Waals surface area (Å²) in [6.07, 6.45) is 3.50. The first-order chi connectivity index (χ1) is 18.9. The van der Waals surface area contributed by atoms with Crippen molar-refractivity contribution in [3.05, 3.63) is 58.8 Å². The van der Waals surface area contributed by atoms with Gasteiger partial charge in [0.05, 0.1) is 39.7 Å². The van der Waals surface area contributed by atoms with Crippen molar-refractivity contribution in [1.82, 2.24) is 9.97 Å². The zero-order valence-corrected chi connectivity index (χ0v) is 22.6. The Morgan fingerprint density at radius 1 is 0.923 bits per heavy atom. The van der Waals surface area contributed by atoms with Crippen molar-refractivity contribution in [3.63, 3.8) is 0 Å². The number of benzene rings is 2. The van der Waals surface area contributed by atoms with Gasteiger partial charge in [-0.2, -0.15) is 4.98 Å². The van der Waals surface area contributed by atoms with Crippen LogP contribution in [0.25, 0.3) is 0 Å². The Bertz CT molecular complexity index is 1370. The second kappa shape index (κ2) is 11.2. The van der Waals surface area contributed by atoms with Crippen LogP contribution >= 0.6 is 0 Å². The second-order valence-electron chi connectivity index (χ2n) is 9.55. The summed E-state index contributed by atoms with van der Waals surface area (Å²) in [4.78, 5) is 36.8. The molecule has 1 unspecified atom stereocenters. The first-order valence-corrected chi connectivity index (χ1v) is 12.9. The Kier molecular flexibility index (Phi) is 7.53. The third kappa shape index (κ3) is 5.19. The molecule has 39 heavy (non-hydrogen) atoms. The molecular formula is C29H32N4O6. The lowest BCUT2D eigenvalue weighted by Crippen LogP contribution is -2.25. The average molecular weight is 533 g/mol. The minimum atomic E-state index is -0.425. The Morgan fingerprint density at radius 2 is 1.62 bits per heavy atom. The highest BCUT2D eigenvalue weighted by atomic mass is 16.5. The average Bonchev–Trinajstić information content (AvgIpc) is 3.66. The van der Waals surface area contributed by atoms with E-state index in [1.807, 2.05) is 12.1 Å². The number of nitrogens with one attached hydrogen (secondary N) is 1. The fourth-order valence-electron chi connectivity index (χ4n) is 5.23. The van der Waals surface area contributed by atoms with E-state index in [1.54, 1.807) is 45.6 Å². The van der Waals surface area contributed by atoms with Gasteiger partial charge in [0.15, 0.2) is 17.3 Å². The van der Waals surface area contributed by atoms with E-state index in [0.29, 0.717) is 53.8 Å². The summed E-state index contributed by atoms with van der Waals surface area (Å²) < 4.78 is 21.2. The summed E-state index contributed by atoms with van der Waals surface area (Å²) >= 11 is 0. The largest absolute Gasteiger partial charge is 0.493 e. The number of nitrogens with zero attached hydrogens (tertiary/aromatic N) is 3. The van der Waals surface area contributed by atoms with Crippen LogP contribution in [0.4, 0.5) is 17.5 Å². The van der Waals surface area contributed by atoms with E-state index in [9.17, 15) is 9.59 Å². The molecule has 3 aromatic rings. The van der Waals surface area contributed by atoms with Crippen molar-refractivity contribution in [1.29, 1.82) is 0 Å². The van der Waals surface area contributed by atoms with E-state index in [4.69, 9.17) is 28.9 Å². The molecule has 10 nitrogen and oxygen atoms in total. The van der Waals surface area contributed by atoms with Crippen LogP contribution in [0.5, 0.6) is 17.2 Å². The molecular weight excluding hydrogens is 500 g/mol. The number of Topliss-reactive ketones (excluding diaryl/α,β-unsaturated/α-hetero) is 1. The zero-order chi connectivity index (χ0) is 27.5. The highest BCUT2D eigenvalue weighted by Gasteiger charge is 2.32. The van der Waals surface area contributed by atoms with Crippen LogP contribution in [-0.2, 0) is 17.6 Å². The lowest BCUT2D eigenvalue weighted by Gasteiger charge is -2.20. The van der Waals surface area contributed by atoms with Gasteiger partial charge in [-0.15, -0.1) is 0 Å². The minimum Gasteiger partial charge on any atom is -0.493 e. The zero-order valence-electron chi connectivity index (χ0n) is 22.6. The van der Waals surface area contributed by atoms with Crippen molar-refractivity contribution in [3.8, 4) is 17.2 Å². The number of methoxy groups -OCH3 is 4. The lowest BCUT2D eigenvalue weighted by molar-refractivity contribution is 0.0600. The van der Waals surface area contributed by atoms with E-state index in [1.165, 1.54) is 7.11 Å². The lowest BCUT2D eigenvalue weighted by atomic mass is 9.96. The normalized spacial score (nSPS) is 16.0. The number of carbonyl (C=O) groups excluding carboxylic acids is 2. The third-order valence-corrected chi connectivity index (χ3v) is 7.28. The van der Waals surface area contributed by atoms with Crippen LogP contribution in [0, 0.1) is 5.92 Å². The van der Waals surface area contributed by atoms with Crippen LogP contribution in [0.2, 0.25) is 0 Å². The van der Waals surface area contributed by atoms with E-state index in [0.717, 1.165) is 42.0 Å². The fourth-order valence-corrected chi connectivity index (χ4v) is 5.23. The number of ether oxygens (including phenoxy) is 4. The van der Waals surface area contributed by atoms with Crippen LogP contribution in [0.3, 0.4) is 0 Å². The highest BCUT2D eigenvalue weighted by molar-refractivity contribution is 5.99. The van der Waals surface area contributed by atoms with Gasteiger partial charge < -0.3 is 29.2 Å². The maximum absolute atomic E-state index is 13.2. The maximum Gasteiger partial charge on any atom is 0.337 e. The molecule has 2 heterocycles. The minimum absolute atomic E-state index is 0.0471. The number of hydrogen-bond acceptors (Lipinski definition) is 10. The second-order valence-corrected chi connectivity index (χ2v) is 9.55. The quantitative estimate of drug-likeness (QED) is 0.317.